The third-order valence-electron chi connectivity index (χ3n) is 5.84. The van der Waals surface area contributed by atoms with Crippen molar-refractivity contribution in [2.45, 2.75) is 20.0 Å². The summed E-state index contributed by atoms with van der Waals surface area (Å²) in [5.41, 5.74) is 3.39. The summed E-state index contributed by atoms with van der Waals surface area (Å²) in [6.45, 7) is 8.89. The third-order valence-corrected chi connectivity index (χ3v) is 6.11. The highest BCUT2D eigenvalue weighted by Crippen LogP contribution is 2.37. The topological polar surface area (TPSA) is 111 Å². The van der Waals surface area contributed by atoms with Gasteiger partial charge in [-0.15, -0.1) is 0 Å². The number of fused-ring (bicyclic) bond motifs is 1. The number of carbonyl (C=O) groups excluding carboxylic acids is 1. The second kappa shape index (κ2) is 12.1. The normalized spacial score (nSPS) is 11.2. The summed E-state index contributed by atoms with van der Waals surface area (Å²) in [5.74, 6) is 0.849. The van der Waals surface area contributed by atoms with Gasteiger partial charge in [-0.2, -0.15) is 4.98 Å². The van der Waals surface area contributed by atoms with Crippen molar-refractivity contribution in [3.8, 4) is 17.1 Å². The molecule has 0 aliphatic rings. The summed E-state index contributed by atoms with van der Waals surface area (Å²) in [4.78, 5) is 33.5. The molecule has 4 aromatic rings. The van der Waals surface area contributed by atoms with E-state index in [-0.39, 0.29) is 12.0 Å². The molecule has 1 amide bonds. The SMILES string of the molecule is C=CC(=O)Nc1cc(Nc2ncc(Cl)c(-c3c[nH]c4ccccc34)n2)c(OC(C)C)nc1N(C)CCN(C)C. The maximum absolute atomic E-state index is 12.3. The van der Waals surface area contributed by atoms with Gasteiger partial charge in [0.1, 0.15) is 5.69 Å². The monoisotopic (exact) mass is 548 g/mol. The molecule has 3 N–H and O–H groups in total. The Labute approximate surface area is 233 Å². The smallest absolute Gasteiger partial charge is 0.247 e. The number of carbonyl (C=O) groups is 1. The van der Waals surface area contributed by atoms with E-state index in [4.69, 9.17) is 26.3 Å². The van der Waals surface area contributed by atoms with Crippen LogP contribution in [0.5, 0.6) is 5.88 Å². The molecule has 0 saturated heterocycles. The molecular weight excluding hydrogens is 516 g/mol. The lowest BCUT2D eigenvalue weighted by Crippen LogP contribution is -2.30. The fraction of sp³-hybridized carbons (Fsp3) is 0.286. The number of aromatic nitrogens is 4. The minimum Gasteiger partial charge on any atom is -0.473 e. The van der Waals surface area contributed by atoms with E-state index in [1.807, 2.05) is 70.4 Å². The summed E-state index contributed by atoms with van der Waals surface area (Å²) in [6.07, 6.45) is 4.48. The Kier molecular flexibility index (Phi) is 8.68. The van der Waals surface area contributed by atoms with E-state index >= 15 is 0 Å². The predicted octanol–water partition coefficient (Wildman–Crippen LogP) is 5.33. The first-order valence-corrected chi connectivity index (χ1v) is 12.9. The zero-order chi connectivity index (χ0) is 28.1. The number of nitrogens with one attached hydrogen (secondary N) is 3. The summed E-state index contributed by atoms with van der Waals surface area (Å²) in [6, 6.07) is 9.68. The number of likely N-dealkylation sites (N-methyl/N-ethyl adjacent to an activating group) is 2. The molecule has 3 heterocycles. The van der Waals surface area contributed by atoms with E-state index in [1.54, 1.807) is 12.3 Å². The fourth-order valence-electron chi connectivity index (χ4n) is 3.92. The van der Waals surface area contributed by atoms with Gasteiger partial charge in [0, 0.05) is 42.8 Å². The maximum Gasteiger partial charge on any atom is 0.247 e. The molecule has 39 heavy (non-hydrogen) atoms. The first-order chi connectivity index (χ1) is 18.7. The van der Waals surface area contributed by atoms with Crippen molar-refractivity contribution >= 4 is 51.6 Å². The molecule has 0 fully saturated rings. The Balaban J connectivity index is 1.76. The van der Waals surface area contributed by atoms with Crippen LogP contribution in [0.25, 0.3) is 22.2 Å². The third kappa shape index (κ3) is 6.65. The number of halogens is 1. The van der Waals surface area contributed by atoms with Crippen LogP contribution in [-0.4, -0.2) is 71.1 Å². The first-order valence-electron chi connectivity index (χ1n) is 12.5. The van der Waals surface area contributed by atoms with Gasteiger partial charge in [-0.3, -0.25) is 4.79 Å². The average molecular weight is 549 g/mol. The highest BCUT2D eigenvalue weighted by molar-refractivity contribution is 6.33. The zero-order valence-corrected chi connectivity index (χ0v) is 23.5. The molecule has 0 spiro atoms. The van der Waals surface area contributed by atoms with E-state index in [0.717, 1.165) is 23.0 Å². The summed E-state index contributed by atoms with van der Waals surface area (Å²) >= 11 is 6.53. The van der Waals surface area contributed by atoms with Crippen LogP contribution >= 0.6 is 11.6 Å². The lowest BCUT2D eigenvalue weighted by molar-refractivity contribution is -0.111. The van der Waals surface area contributed by atoms with Crippen LogP contribution in [0, 0.1) is 0 Å². The van der Waals surface area contributed by atoms with Crippen LogP contribution < -0.4 is 20.3 Å². The largest absolute Gasteiger partial charge is 0.473 e. The van der Waals surface area contributed by atoms with Crippen molar-refractivity contribution < 1.29 is 9.53 Å². The van der Waals surface area contributed by atoms with Crippen molar-refractivity contribution in [2.75, 3.05) is 49.8 Å². The molecule has 0 radical (unpaired) electrons. The van der Waals surface area contributed by atoms with Crippen LogP contribution in [0.4, 0.5) is 23.1 Å². The second-order valence-corrected chi connectivity index (χ2v) is 9.97. The Bertz CT molecular complexity index is 1480. The number of rotatable bonds is 11. The number of hydrogen-bond donors (Lipinski definition) is 3. The van der Waals surface area contributed by atoms with Crippen LogP contribution in [0.2, 0.25) is 5.02 Å². The number of aromatic amines is 1. The average Bonchev–Trinajstić information content (AvgIpc) is 3.33. The standard InChI is InChI=1S/C28H33ClN8O2/c1-7-24(38)32-22-14-23(27(39-17(2)3)35-26(22)37(6)13-12-36(4)5)33-28-31-16-20(29)25(34-28)19-15-30-21-11-9-8-10-18(19)21/h7-11,14-17,30H,1,12-13H2,2-6H3,(H,32,38)(H,31,33,34). The van der Waals surface area contributed by atoms with Gasteiger partial charge in [0.05, 0.1) is 28.7 Å². The molecule has 0 bridgehead atoms. The van der Waals surface area contributed by atoms with Crippen molar-refractivity contribution in [1.82, 2.24) is 24.8 Å². The molecule has 0 unspecified atom stereocenters. The Morgan fingerprint density at radius 2 is 1.95 bits per heavy atom. The van der Waals surface area contributed by atoms with E-state index < -0.39 is 0 Å². The number of benzene rings is 1. The Morgan fingerprint density at radius 1 is 1.18 bits per heavy atom. The Morgan fingerprint density at radius 3 is 2.67 bits per heavy atom. The number of ether oxygens (including phenoxy) is 1. The van der Waals surface area contributed by atoms with Gasteiger partial charge in [-0.1, -0.05) is 36.4 Å². The zero-order valence-electron chi connectivity index (χ0n) is 22.7. The predicted molar refractivity (Wildman–Crippen MR) is 158 cm³/mol. The molecule has 11 heteroatoms. The minimum absolute atomic E-state index is 0.153. The fourth-order valence-corrected chi connectivity index (χ4v) is 4.11. The van der Waals surface area contributed by atoms with E-state index in [0.29, 0.717) is 46.3 Å². The number of anilines is 4. The van der Waals surface area contributed by atoms with Crippen LogP contribution in [0.3, 0.4) is 0 Å². The van der Waals surface area contributed by atoms with Gasteiger partial charge in [-0.25, -0.2) is 9.97 Å². The highest BCUT2D eigenvalue weighted by Gasteiger charge is 2.20. The molecular formula is C28H33ClN8O2. The highest BCUT2D eigenvalue weighted by atomic mass is 35.5. The number of amides is 1. The van der Waals surface area contributed by atoms with E-state index in [9.17, 15) is 4.79 Å². The van der Waals surface area contributed by atoms with Gasteiger partial charge in [0.25, 0.3) is 0 Å². The quantitative estimate of drug-likeness (QED) is 0.216. The van der Waals surface area contributed by atoms with Gasteiger partial charge in [0.2, 0.25) is 17.7 Å². The van der Waals surface area contributed by atoms with Crippen LogP contribution in [0.1, 0.15) is 13.8 Å². The van der Waals surface area contributed by atoms with Crippen LogP contribution in [0.15, 0.2) is 55.4 Å². The van der Waals surface area contributed by atoms with Gasteiger partial charge >= 0.3 is 0 Å². The number of pyridine rings is 1. The number of nitrogens with zero attached hydrogens (tertiary/aromatic N) is 5. The maximum atomic E-state index is 12.3. The number of hydrogen-bond acceptors (Lipinski definition) is 8. The summed E-state index contributed by atoms with van der Waals surface area (Å²) < 4.78 is 6.07. The molecule has 0 atom stereocenters. The van der Waals surface area contributed by atoms with E-state index in [2.05, 4.69) is 32.1 Å². The number of para-hydroxylation sites is 1. The van der Waals surface area contributed by atoms with Gasteiger partial charge in [0.15, 0.2) is 5.82 Å². The van der Waals surface area contributed by atoms with Gasteiger partial charge in [-0.05, 0) is 46.2 Å². The first kappa shape index (κ1) is 27.9. The Hall–Kier alpha value is -4.15. The molecule has 3 aromatic heterocycles. The molecule has 0 saturated carbocycles. The second-order valence-electron chi connectivity index (χ2n) is 9.56. The molecule has 0 aliphatic heterocycles. The van der Waals surface area contributed by atoms with Crippen LogP contribution in [-0.2, 0) is 4.79 Å². The lowest BCUT2D eigenvalue weighted by atomic mass is 10.1. The summed E-state index contributed by atoms with van der Waals surface area (Å²) in [5, 5.41) is 7.49. The van der Waals surface area contributed by atoms with Gasteiger partial charge < -0.3 is 30.2 Å². The molecule has 4 rings (SSSR count). The molecule has 10 nitrogen and oxygen atoms in total. The van der Waals surface area contributed by atoms with Crippen molar-refractivity contribution in [3.05, 3.63) is 60.4 Å². The summed E-state index contributed by atoms with van der Waals surface area (Å²) in [7, 11) is 5.91. The van der Waals surface area contributed by atoms with Crippen molar-refractivity contribution in [2.24, 2.45) is 0 Å². The molecule has 204 valence electrons. The minimum atomic E-state index is -0.355. The van der Waals surface area contributed by atoms with Crippen molar-refractivity contribution in [3.63, 3.8) is 0 Å². The van der Waals surface area contributed by atoms with E-state index in [1.165, 1.54) is 6.08 Å². The van der Waals surface area contributed by atoms with Crippen molar-refractivity contribution in [1.29, 1.82) is 0 Å². The molecule has 1 aromatic carbocycles. The lowest BCUT2D eigenvalue weighted by Gasteiger charge is -2.25. The number of H-pyrrole nitrogens is 1. The molecule has 0 aliphatic carbocycles.